The number of hydrogen-bond donors (Lipinski definition) is 1. The summed E-state index contributed by atoms with van der Waals surface area (Å²) < 4.78 is 16.9. The minimum atomic E-state index is 0.265. The normalized spacial score (nSPS) is 28.2. The van der Waals surface area contributed by atoms with E-state index >= 15 is 0 Å². The van der Waals surface area contributed by atoms with Crippen molar-refractivity contribution < 1.29 is 14.2 Å². The number of ether oxygens (including phenoxy) is 3. The van der Waals surface area contributed by atoms with Crippen molar-refractivity contribution in [3.8, 4) is 11.5 Å². The fourth-order valence-electron chi connectivity index (χ4n) is 3.05. The van der Waals surface area contributed by atoms with Crippen LogP contribution in [-0.2, 0) is 17.7 Å². The third-order valence-electron chi connectivity index (χ3n) is 4.23. The zero-order chi connectivity index (χ0) is 14.1. The van der Waals surface area contributed by atoms with E-state index in [1.807, 2.05) is 0 Å². The van der Waals surface area contributed by atoms with Crippen molar-refractivity contribution in [3.63, 3.8) is 0 Å². The smallest absolute Gasteiger partial charge is 0.123 e. The SMILES string of the molecule is COc1cc2c(cc1CNC1CCOC1C)OC(C)C2. The van der Waals surface area contributed by atoms with Crippen LogP contribution >= 0.6 is 0 Å². The average molecular weight is 277 g/mol. The Morgan fingerprint density at radius 3 is 2.90 bits per heavy atom. The second-order valence-electron chi connectivity index (χ2n) is 5.76. The molecule has 0 radical (unpaired) electrons. The van der Waals surface area contributed by atoms with E-state index in [9.17, 15) is 0 Å². The van der Waals surface area contributed by atoms with Gasteiger partial charge >= 0.3 is 0 Å². The van der Waals surface area contributed by atoms with E-state index in [2.05, 4.69) is 31.3 Å². The lowest BCUT2D eigenvalue weighted by Gasteiger charge is -2.18. The molecule has 1 N–H and O–H groups in total. The summed E-state index contributed by atoms with van der Waals surface area (Å²) in [6.45, 7) is 5.85. The van der Waals surface area contributed by atoms with Crippen LogP contribution in [0.15, 0.2) is 12.1 Å². The molecule has 3 atom stereocenters. The van der Waals surface area contributed by atoms with Crippen LogP contribution in [0.1, 0.15) is 31.4 Å². The molecule has 3 unspecified atom stereocenters. The van der Waals surface area contributed by atoms with Crippen LogP contribution in [-0.4, -0.2) is 32.0 Å². The fourth-order valence-corrected chi connectivity index (χ4v) is 3.05. The van der Waals surface area contributed by atoms with Crippen LogP contribution in [0, 0.1) is 0 Å². The topological polar surface area (TPSA) is 39.7 Å². The summed E-state index contributed by atoms with van der Waals surface area (Å²) in [7, 11) is 1.73. The fraction of sp³-hybridized carbons (Fsp3) is 0.625. The Hall–Kier alpha value is -1.26. The number of methoxy groups -OCH3 is 1. The van der Waals surface area contributed by atoms with Gasteiger partial charge in [0.05, 0.1) is 13.2 Å². The Bertz CT molecular complexity index is 489. The predicted molar refractivity (Wildman–Crippen MR) is 77.4 cm³/mol. The molecule has 1 aromatic carbocycles. The lowest BCUT2D eigenvalue weighted by molar-refractivity contribution is 0.113. The summed E-state index contributed by atoms with van der Waals surface area (Å²) in [5, 5.41) is 3.56. The van der Waals surface area contributed by atoms with Gasteiger partial charge in [-0.3, -0.25) is 0 Å². The molecule has 1 saturated heterocycles. The van der Waals surface area contributed by atoms with E-state index in [0.29, 0.717) is 6.04 Å². The highest BCUT2D eigenvalue weighted by atomic mass is 16.5. The van der Waals surface area contributed by atoms with E-state index in [-0.39, 0.29) is 12.2 Å². The Morgan fingerprint density at radius 1 is 1.35 bits per heavy atom. The summed E-state index contributed by atoms with van der Waals surface area (Å²) >= 11 is 0. The molecule has 20 heavy (non-hydrogen) atoms. The van der Waals surface area contributed by atoms with Crippen LogP contribution in [0.4, 0.5) is 0 Å². The summed E-state index contributed by atoms with van der Waals surface area (Å²) in [6.07, 6.45) is 2.59. The molecule has 4 heteroatoms. The molecule has 2 aliphatic heterocycles. The van der Waals surface area contributed by atoms with Crippen molar-refractivity contribution in [3.05, 3.63) is 23.3 Å². The van der Waals surface area contributed by atoms with Crippen molar-refractivity contribution in [1.82, 2.24) is 5.32 Å². The van der Waals surface area contributed by atoms with Crippen molar-refractivity contribution in [2.75, 3.05) is 13.7 Å². The molecule has 3 rings (SSSR count). The molecule has 2 heterocycles. The average Bonchev–Trinajstić information content (AvgIpc) is 2.99. The maximum absolute atomic E-state index is 5.83. The first-order valence-electron chi connectivity index (χ1n) is 7.39. The summed E-state index contributed by atoms with van der Waals surface area (Å²) in [4.78, 5) is 0. The molecule has 0 bridgehead atoms. The second-order valence-corrected chi connectivity index (χ2v) is 5.76. The molecule has 1 aromatic rings. The quantitative estimate of drug-likeness (QED) is 0.916. The summed E-state index contributed by atoms with van der Waals surface area (Å²) in [5.41, 5.74) is 2.40. The van der Waals surface area contributed by atoms with Crippen LogP contribution < -0.4 is 14.8 Å². The minimum absolute atomic E-state index is 0.265. The van der Waals surface area contributed by atoms with E-state index in [4.69, 9.17) is 14.2 Å². The summed E-state index contributed by atoms with van der Waals surface area (Å²) in [6, 6.07) is 4.66. The first kappa shape index (κ1) is 13.7. The lowest BCUT2D eigenvalue weighted by Crippen LogP contribution is -2.34. The molecule has 0 aliphatic carbocycles. The molecule has 0 amide bonds. The predicted octanol–water partition coefficient (Wildman–Crippen LogP) is 2.29. The molecule has 0 aromatic heterocycles. The van der Waals surface area contributed by atoms with Crippen LogP contribution in [0.2, 0.25) is 0 Å². The second kappa shape index (κ2) is 5.62. The van der Waals surface area contributed by atoms with E-state index in [0.717, 1.165) is 43.1 Å². The molecular weight excluding hydrogens is 254 g/mol. The van der Waals surface area contributed by atoms with E-state index < -0.39 is 0 Å². The monoisotopic (exact) mass is 277 g/mol. The van der Waals surface area contributed by atoms with Gasteiger partial charge in [0.2, 0.25) is 0 Å². The molecule has 1 fully saturated rings. The van der Waals surface area contributed by atoms with Gasteiger partial charge in [-0.2, -0.15) is 0 Å². The number of fused-ring (bicyclic) bond motifs is 1. The third-order valence-corrected chi connectivity index (χ3v) is 4.23. The number of rotatable bonds is 4. The van der Waals surface area contributed by atoms with Crippen molar-refractivity contribution in [2.24, 2.45) is 0 Å². The van der Waals surface area contributed by atoms with Gasteiger partial charge in [-0.05, 0) is 32.4 Å². The van der Waals surface area contributed by atoms with Gasteiger partial charge in [-0.15, -0.1) is 0 Å². The van der Waals surface area contributed by atoms with Gasteiger partial charge in [0, 0.05) is 36.7 Å². The summed E-state index contributed by atoms with van der Waals surface area (Å²) in [5.74, 6) is 1.95. The number of nitrogens with one attached hydrogen (secondary N) is 1. The largest absolute Gasteiger partial charge is 0.496 e. The Morgan fingerprint density at radius 2 is 2.20 bits per heavy atom. The van der Waals surface area contributed by atoms with Crippen LogP contribution in [0.5, 0.6) is 11.5 Å². The maximum Gasteiger partial charge on any atom is 0.123 e. The van der Waals surface area contributed by atoms with Crippen LogP contribution in [0.3, 0.4) is 0 Å². The van der Waals surface area contributed by atoms with Crippen molar-refractivity contribution >= 4 is 0 Å². The van der Waals surface area contributed by atoms with Gasteiger partial charge in [0.1, 0.15) is 17.6 Å². The van der Waals surface area contributed by atoms with Crippen LogP contribution in [0.25, 0.3) is 0 Å². The standard InChI is InChI=1S/C16H23NO3/c1-10-6-12-7-15(18-3)13(8-16(12)20-10)9-17-14-4-5-19-11(14)2/h7-8,10-11,14,17H,4-6,9H2,1-3H3. The van der Waals surface area contributed by atoms with E-state index in [1.165, 1.54) is 5.56 Å². The minimum Gasteiger partial charge on any atom is -0.496 e. The highest BCUT2D eigenvalue weighted by Crippen LogP contribution is 2.35. The Labute approximate surface area is 120 Å². The van der Waals surface area contributed by atoms with Gasteiger partial charge in [0.25, 0.3) is 0 Å². The highest BCUT2D eigenvalue weighted by molar-refractivity contribution is 5.48. The molecule has 2 aliphatic rings. The lowest BCUT2D eigenvalue weighted by atomic mass is 10.1. The zero-order valence-corrected chi connectivity index (χ0v) is 12.4. The zero-order valence-electron chi connectivity index (χ0n) is 12.4. The Balaban J connectivity index is 1.74. The van der Waals surface area contributed by atoms with Crippen molar-refractivity contribution in [2.45, 2.75) is 51.5 Å². The highest BCUT2D eigenvalue weighted by Gasteiger charge is 2.25. The molecule has 4 nitrogen and oxygen atoms in total. The molecule has 0 saturated carbocycles. The number of benzene rings is 1. The van der Waals surface area contributed by atoms with Gasteiger partial charge in [0.15, 0.2) is 0 Å². The van der Waals surface area contributed by atoms with Crippen molar-refractivity contribution in [1.29, 1.82) is 0 Å². The first-order chi connectivity index (χ1) is 9.67. The maximum atomic E-state index is 5.83. The first-order valence-corrected chi connectivity index (χ1v) is 7.39. The number of hydrogen-bond acceptors (Lipinski definition) is 4. The third kappa shape index (κ3) is 2.63. The van der Waals surface area contributed by atoms with E-state index in [1.54, 1.807) is 7.11 Å². The van der Waals surface area contributed by atoms with Gasteiger partial charge in [-0.25, -0.2) is 0 Å². The molecule has 110 valence electrons. The molecule has 0 spiro atoms. The van der Waals surface area contributed by atoms with Gasteiger partial charge in [-0.1, -0.05) is 0 Å². The van der Waals surface area contributed by atoms with Gasteiger partial charge < -0.3 is 19.5 Å². The Kier molecular flexibility index (Phi) is 3.85. The molecular formula is C16H23NO3.